The lowest BCUT2D eigenvalue weighted by atomic mass is 9.97. The first kappa shape index (κ1) is 18.9. The summed E-state index contributed by atoms with van der Waals surface area (Å²) in [4.78, 5) is 44.3. The van der Waals surface area contributed by atoms with Crippen molar-refractivity contribution < 1.29 is 14.4 Å². The van der Waals surface area contributed by atoms with E-state index < -0.39 is 5.66 Å². The van der Waals surface area contributed by atoms with E-state index in [1.807, 2.05) is 42.2 Å². The van der Waals surface area contributed by atoms with Crippen molar-refractivity contribution in [3.05, 3.63) is 65.2 Å². The van der Waals surface area contributed by atoms with Crippen molar-refractivity contribution in [3.8, 4) is 0 Å². The second kappa shape index (κ2) is 6.97. The van der Waals surface area contributed by atoms with E-state index in [-0.39, 0.29) is 24.1 Å². The van der Waals surface area contributed by atoms with E-state index in [1.54, 1.807) is 15.9 Å². The number of carbonyl (C=O) groups is 3. The first-order valence-electron chi connectivity index (χ1n) is 10.6. The second-order valence-electron chi connectivity index (χ2n) is 8.50. The van der Waals surface area contributed by atoms with Crippen LogP contribution in [0.5, 0.6) is 0 Å². The maximum Gasteiger partial charge on any atom is 0.257 e. The molecular weight excluding hydrogens is 378 g/mol. The van der Waals surface area contributed by atoms with Crippen LogP contribution in [0.25, 0.3) is 0 Å². The Balaban J connectivity index is 1.35. The molecular formula is C24H25N3O3. The van der Waals surface area contributed by atoms with Crippen molar-refractivity contribution in [2.24, 2.45) is 0 Å². The summed E-state index contributed by atoms with van der Waals surface area (Å²) in [7, 11) is 0. The summed E-state index contributed by atoms with van der Waals surface area (Å²) >= 11 is 0. The predicted molar refractivity (Wildman–Crippen MR) is 113 cm³/mol. The van der Waals surface area contributed by atoms with Gasteiger partial charge in [-0.3, -0.25) is 19.3 Å². The van der Waals surface area contributed by atoms with E-state index in [9.17, 15) is 14.4 Å². The van der Waals surface area contributed by atoms with Crippen LogP contribution >= 0.6 is 0 Å². The topological polar surface area (TPSA) is 60.9 Å². The Kier molecular flexibility index (Phi) is 4.38. The predicted octanol–water partition coefficient (Wildman–Crippen LogP) is 2.96. The van der Waals surface area contributed by atoms with Gasteiger partial charge in [0.15, 0.2) is 0 Å². The lowest BCUT2D eigenvalue weighted by Crippen LogP contribution is -2.62. The normalized spacial score (nSPS) is 22.6. The fourth-order valence-corrected chi connectivity index (χ4v) is 5.12. The summed E-state index contributed by atoms with van der Waals surface area (Å²) < 4.78 is 0. The van der Waals surface area contributed by atoms with Crippen LogP contribution in [0.4, 0.5) is 5.69 Å². The van der Waals surface area contributed by atoms with E-state index in [0.717, 1.165) is 6.42 Å². The monoisotopic (exact) mass is 403 g/mol. The molecule has 0 bridgehead atoms. The third kappa shape index (κ3) is 2.82. The van der Waals surface area contributed by atoms with Crippen molar-refractivity contribution in [1.29, 1.82) is 0 Å². The van der Waals surface area contributed by atoms with Crippen LogP contribution in [0, 0.1) is 0 Å². The van der Waals surface area contributed by atoms with E-state index in [0.29, 0.717) is 43.7 Å². The minimum atomic E-state index is -0.711. The van der Waals surface area contributed by atoms with E-state index in [2.05, 4.69) is 12.1 Å². The molecule has 0 spiro atoms. The standard InChI is InChI=1S/C24H25N3O3/c1-24-13-10-22(29)27(24)20-9-5-4-8-19(20)23(30)26(24)15-12-21(28)25-14-11-17-6-2-3-7-18(17)16-25/h2-9H,10-16H2,1H3/t24-/m0/s1. The highest BCUT2D eigenvalue weighted by molar-refractivity contribution is 6.10. The van der Waals surface area contributed by atoms with Crippen LogP contribution in [-0.2, 0) is 22.6 Å². The van der Waals surface area contributed by atoms with Gasteiger partial charge in [-0.1, -0.05) is 36.4 Å². The molecule has 0 aliphatic carbocycles. The molecule has 6 nitrogen and oxygen atoms in total. The summed E-state index contributed by atoms with van der Waals surface area (Å²) in [5, 5.41) is 0. The van der Waals surface area contributed by atoms with Gasteiger partial charge in [-0.05, 0) is 43.0 Å². The Morgan fingerprint density at radius 2 is 1.73 bits per heavy atom. The van der Waals surface area contributed by atoms with E-state index >= 15 is 0 Å². The molecule has 2 aromatic carbocycles. The van der Waals surface area contributed by atoms with Gasteiger partial charge in [-0.15, -0.1) is 0 Å². The average molecular weight is 403 g/mol. The third-order valence-corrected chi connectivity index (χ3v) is 6.78. The van der Waals surface area contributed by atoms with Gasteiger partial charge in [0.25, 0.3) is 5.91 Å². The SMILES string of the molecule is C[C@@]12CCC(=O)N1c1ccccc1C(=O)N2CCC(=O)N1CCc2ccccc2C1. The first-order valence-corrected chi connectivity index (χ1v) is 10.6. The van der Waals surface area contributed by atoms with Crippen molar-refractivity contribution in [1.82, 2.24) is 9.80 Å². The molecule has 3 heterocycles. The lowest BCUT2D eigenvalue weighted by molar-refractivity contribution is -0.132. The number of para-hydroxylation sites is 1. The van der Waals surface area contributed by atoms with Crippen LogP contribution in [0.15, 0.2) is 48.5 Å². The minimum absolute atomic E-state index is 0.0291. The Hall–Kier alpha value is -3.15. The fraction of sp³-hybridized carbons (Fsp3) is 0.375. The minimum Gasteiger partial charge on any atom is -0.338 e. The zero-order valence-electron chi connectivity index (χ0n) is 17.1. The van der Waals surface area contributed by atoms with E-state index in [1.165, 1.54) is 11.1 Å². The van der Waals surface area contributed by atoms with Gasteiger partial charge >= 0.3 is 0 Å². The van der Waals surface area contributed by atoms with Gasteiger partial charge in [0, 0.05) is 32.5 Å². The molecule has 2 aromatic rings. The molecule has 0 saturated carbocycles. The highest BCUT2D eigenvalue weighted by Crippen LogP contribution is 2.44. The molecule has 154 valence electrons. The number of hydrogen-bond acceptors (Lipinski definition) is 3. The van der Waals surface area contributed by atoms with Gasteiger partial charge in [0.05, 0.1) is 11.3 Å². The van der Waals surface area contributed by atoms with Gasteiger partial charge in [0.2, 0.25) is 11.8 Å². The zero-order chi connectivity index (χ0) is 20.9. The van der Waals surface area contributed by atoms with Crippen LogP contribution in [-0.4, -0.2) is 46.3 Å². The van der Waals surface area contributed by atoms with Crippen LogP contribution in [0.3, 0.4) is 0 Å². The number of nitrogens with zero attached hydrogens (tertiary/aromatic N) is 3. The zero-order valence-corrected chi connectivity index (χ0v) is 17.1. The smallest absolute Gasteiger partial charge is 0.257 e. The third-order valence-electron chi connectivity index (χ3n) is 6.78. The molecule has 30 heavy (non-hydrogen) atoms. The summed E-state index contributed by atoms with van der Waals surface area (Å²) in [6, 6.07) is 15.5. The summed E-state index contributed by atoms with van der Waals surface area (Å²) in [6.45, 7) is 3.57. The number of hydrogen-bond donors (Lipinski definition) is 0. The van der Waals surface area contributed by atoms with Crippen molar-refractivity contribution in [2.45, 2.75) is 44.8 Å². The van der Waals surface area contributed by atoms with Crippen molar-refractivity contribution in [2.75, 3.05) is 18.0 Å². The molecule has 0 N–H and O–H groups in total. The van der Waals surface area contributed by atoms with Crippen LogP contribution < -0.4 is 4.90 Å². The van der Waals surface area contributed by atoms with Gasteiger partial charge < -0.3 is 9.80 Å². The summed E-state index contributed by atoms with van der Waals surface area (Å²) in [5.74, 6) is -0.0205. The van der Waals surface area contributed by atoms with Crippen LogP contribution in [0.2, 0.25) is 0 Å². The Bertz CT molecular complexity index is 1050. The molecule has 5 rings (SSSR count). The Morgan fingerprint density at radius 1 is 1.00 bits per heavy atom. The Morgan fingerprint density at radius 3 is 2.57 bits per heavy atom. The quantitative estimate of drug-likeness (QED) is 0.792. The maximum absolute atomic E-state index is 13.3. The van der Waals surface area contributed by atoms with Gasteiger partial charge in [-0.25, -0.2) is 0 Å². The first-order chi connectivity index (χ1) is 14.5. The number of amides is 3. The number of rotatable bonds is 3. The lowest BCUT2D eigenvalue weighted by Gasteiger charge is -2.48. The highest BCUT2D eigenvalue weighted by atomic mass is 16.2. The van der Waals surface area contributed by atoms with Gasteiger partial charge in [0.1, 0.15) is 5.66 Å². The van der Waals surface area contributed by atoms with Crippen molar-refractivity contribution >= 4 is 23.4 Å². The largest absolute Gasteiger partial charge is 0.338 e. The molecule has 6 heteroatoms. The van der Waals surface area contributed by atoms with E-state index in [4.69, 9.17) is 0 Å². The molecule has 0 aromatic heterocycles. The summed E-state index contributed by atoms with van der Waals surface area (Å²) in [6.07, 6.45) is 2.11. The van der Waals surface area contributed by atoms with Gasteiger partial charge in [-0.2, -0.15) is 0 Å². The number of fused-ring (bicyclic) bond motifs is 4. The molecule has 3 aliphatic rings. The number of carbonyl (C=O) groups excluding carboxylic acids is 3. The molecule has 0 radical (unpaired) electrons. The average Bonchev–Trinajstić information content (AvgIpc) is 3.08. The second-order valence-corrected chi connectivity index (χ2v) is 8.50. The number of anilines is 1. The molecule has 3 aliphatic heterocycles. The van der Waals surface area contributed by atoms with Crippen LogP contribution in [0.1, 0.15) is 47.7 Å². The van der Waals surface area contributed by atoms with Crippen molar-refractivity contribution in [3.63, 3.8) is 0 Å². The molecule has 1 atom stereocenters. The molecule has 3 amide bonds. The maximum atomic E-state index is 13.3. The molecule has 0 unspecified atom stereocenters. The molecule has 1 fully saturated rings. The summed E-state index contributed by atoms with van der Waals surface area (Å²) in [5.41, 5.74) is 3.00. The fourth-order valence-electron chi connectivity index (χ4n) is 5.12. The highest BCUT2D eigenvalue weighted by Gasteiger charge is 2.52. The number of benzene rings is 2. The Labute approximate surface area is 176 Å². The molecule has 1 saturated heterocycles.